The normalized spacial score (nSPS) is 14.7. The van der Waals surface area contributed by atoms with E-state index in [1.54, 1.807) is 0 Å². The van der Waals surface area contributed by atoms with Gasteiger partial charge in [-0.05, 0) is 77.0 Å². The van der Waals surface area contributed by atoms with Crippen LogP contribution in [-0.2, 0) is 41.8 Å². The maximum atomic E-state index is 12.6. The minimum Gasteiger partial charge on any atom is -0.462 e. The predicted octanol–water partition coefficient (Wildman–Crippen LogP) is 10.4. The summed E-state index contributed by atoms with van der Waals surface area (Å²) < 4.78 is 47.6. The molecule has 0 bridgehead atoms. The fourth-order valence-electron chi connectivity index (χ4n) is 5.16. The van der Waals surface area contributed by atoms with Crippen LogP contribution >= 0.6 is 15.6 Å². The van der Waals surface area contributed by atoms with Gasteiger partial charge in [-0.3, -0.25) is 23.2 Å². The second-order valence-electron chi connectivity index (χ2n) is 13.9. The zero-order valence-corrected chi connectivity index (χ0v) is 36.5. The lowest BCUT2D eigenvalue weighted by Crippen LogP contribution is -2.30. The molecule has 0 saturated carbocycles. The number of carbonyl (C=O) groups excluding carboxylic acids is 2. The number of hydrogen-bond donors (Lipinski definition) is 4. The topological polar surface area (TPSA) is 195 Å². The fraction of sp³-hybridized carbons (Fsp3) is 0.714. The molecule has 0 aromatic carbocycles. The second kappa shape index (κ2) is 38.0. The van der Waals surface area contributed by atoms with Gasteiger partial charge >= 0.3 is 27.6 Å². The average molecular weight is 849 g/mol. The number of phosphoric ester groups is 2. The van der Waals surface area contributed by atoms with E-state index in [9.17, 15) is 28.7 Å². The molecule has 330 valence electrons. The molecular weight excluding hydrogens is 774 g/mol. The van der Waals surface area contributed by atoms with Crippen LogP contribution in [0.25, 0.3) is 0 Å². The quantitative estimate of drug-likeness (QED) is 0.0198. The average Bonchev–Trinajstić information content (AvgIpc) is 3.17. The summed E-state index contributed by atoms with van der Waals surface area (Å²) in [5, 5.41) is 9.73. The van der Waals surface area contributed by atoms with E-state index in [2.05, 4.69) is 71.5 Å². The van der Waals surface area contributed by atoms with E-state index in [4.69, 9.17) is 23.8 Å². The molecule has 0 aromatic heterocycles. The van der Waals surface area contributed by atoms with Gasteiger partial charge in [0.05, 0.1) is 19.8 Å². The molecule has 13 nitrogen and oxygen atoms in total. The molecule has 57 heavy (non-hydrogen) atoms. The number of esters is 2. The molecule has 0 rings (SSSR count). The lowest BCUT2D eigenvalue weighted by atomic mass is 10.1. The highest BCUT2D eigenvalue weighted by Crippen LogP contribution is 2.43. The van der Waals surface area contributed by atoms with Crippen molar-refractivity contribution in [2.24, 2.45) is 0 Å². The predicted molar refractivity (Wildman–Crippen MR) is 225 cm³/mol. The van der Waals surface area contributed by atoms with Gasteiger partial charge in [0.2, 0.25) is 0 Å². The molecule has 0 saturated heterocycles. The van der Waals surface area contributed by atoms with Crippen LogP contribution in [0.3, 0.4) is 0 Å². The minimum atomic E-state index is -4.87. The summed E-state index contributed by atoms with van der Waals surface area (Å²) in [6.45, 7) is 1.63. The maximum absolute atomic E-state index is 12.6. The lowest BCUT2D eigenvalue weighted by molar-refractivity contribution is -0.161. The maximum Gasteiger partial charge on any atom is 0.472 e. The summed E-state index contributed by atoms with van der Waals surface area (Å²) in [6, 6.07) is 0. The number of phosphoric acid groups is 2. The number of hydrogen-bond acceptors (Lipinski definition) is 10. The number of ether oxygens (including phenoxy) is 2. The number of unbranched alkanes of at least 4 members (excludes halogenated alkanes) is 13. The van der Waals surface area contributed by atoms with Crippen molar-refractivity contribution in [2.75, 3.05) is 26.4 Å². The number of aliphatic hydroxyl groups excluding tert-OH is 1. The Kier molecular flexibility index (Phi) is 36.6. The Labute approximate surface area is 342 Å². The molecule has 4 N–H and O–H groups in total. The van der Waals surface area contributed by atoms with Crippen molar-refractivity contribution in [3.8, 4) is 0 Å². The van der Waals surface area contributed by atoms with Gasteiger partial charge in [-0.25, -0.2) is 9.13 Å². The molecule has 0 aliphatic heterocycles. The van der Waals surface area contributed by atoms with E-state index in [1.165, 1.54) is 44.9 Å². The van der Waals surface area contributed by atoms with E-state index < -0.39 is 66.2 Å². The van der Waals surface area contributed by atoms with Crippen LogP contribution in [0.1, 0.15) is 155 Å². The van der Waals surface area contributed by atoms with E-state index >= 15 is 0 Å². The van der Waals surface area contributed by atoms with Gasteiger partial charge in [-0.15, -0.1) is 0 Å². The zero-order valence-electron chi connectivity index (χ0n) is 34.7. The smallest absolute Gasteiger partial charge is 0.462 e. The fourth-order valence-corrected chi connectivity index (χ4v) is 6.31. The first-order valence-electron chi connectivity index (χ1n) is 21.0. The summed E-state index contributed by atoms with van der Waals surface area (Å²) >= 11 is 0. The Morgan fingerprint density at radius 1 is 0.509 bits per heavy atom. The van der Waals surface area contributed by atoms with Gasteiger partial charge in [0.25, 0.3) is 0 Å². The van der Waals surface area contributed by atoms with Gasteiger partial charge in [-0.2, -0.15) is 0 Å². The first kappa shape index (κ1) is 54.8. The van der Waals surface area contributed by atoms with E-state index in [-0.39, 0.29) is 12.8 Å². The van der Waals surface area contributed by atoms with Gasteiger partial charge in [0.1, 0.15) is 12.7 Å². The Bertz CT molecular complexity index is 1240. The first-order valence-corrected chi connectivity index (χ1v) is 24.0. The van der Waals surface area contributed by atoms with Gasteiger partial charge in [0.15, 0.2) is 6.10 Å². The van der Waals surface area contributed by atoms with Gasteiger partial charge < -0.3 is 29.3 Å². The van der Waals surface area contributed by atoms with Crippen molar-refractivity contribution in [2.45, 2.75) is 167 Å². The molecule has 0 amide bonds. The van der Waals surface area contributed by atoms with Crippen molar-refractivity contribution in [3.63, 3.8) is 0 Å². The number of allylic oxidation sites excluding steroid dienone is 10. The second-order valence-corrected chi connectivity index (χ2v) is 16.6. The van der Waals surface area contributed by atoms with Crippen molar-refractivity contribution in [3.05, 3.63) is 60.8 Å². The molecule has 0 fully saturated rings. The van der Waals surface area contributed by atoms with Crippen LogP contribution < -0.4 is 0 Å². The molecule has 0 aliphatic carbocycles. The molecule has 0 aromatic rings. The molecule has 0 spiro atoms. The first-order chi connectivity index (χ1) is 27.4. The summed E-state index contributed by atoms with van der Waals surface area (Å²) in [5.74, 6) is -1.11. The summed E-state index contributed by atoms with van der Waals surface area (Å²) in [5.41, 5.74) is 0. The third-order valence-corrected chi connectivity index (χ3v) is 9.81. The molecule has 0 aliphatic rings. The monoisotopic (exact) mass is 848 g/mol. The standard InChI is InChI=1S/C42H74O13P2/c1-3-5-7-9-11-13-15-17-18-19-20-22-23-25-27-29-31-33-41(44)51-37-40(38-54-57(49,50)53-36-39(43)35-52-56(46,47)48)55-42(45)34-32-30-28-26-24-21-16-14-12-10-8-6-4-2/h11,13-14,16-18,20,22,25,27,39-40,43H,3-10,12,15,19,21,23-24,26,28-38H2,1-2H3,(H,49,50)(H2,46,47,48)/b13-11-,16-14-,18-17-,22-20-,27-25-/t39-,40+/m0/s1. The van der Waals surface area contributed by atoms with E-state index in [0.29, 0.717) is 19.3 Å². The Morgan fingerprint density at radius 2 is 0.930 bits per heavy atom. The molecule has 1 unspecified atom stereocenters. The van der Waals surface area contributed by atoms with Crippen LogP contribution in [0, 0.1) is 0 Å². The van der Waals surface area contributed by atoms with Crippen molar-refractivity contribution >= 4 is 27.6 Å². The third kappa shape index (κ3) is 41.8. The zero-order chi connectivity index (χ0) is 42.3. The number of rotatable bonds is 39. The van der Waals surface area contributed by atoms with E-state index in [1.807, 2.05) is 12.2 Å². The molecule has 0 radical (unpaired) electrons. The van der Waals surface area contributed by atoms with Crippen molar-refractivity contribution in [1.29, 1.82) is 0 Å². The van der Waals surface area contributed by atoms with Crippen molar-refractivity contribution < 1.29 is 61.6 Å². The Morgan fingerprint density at radius 3 is 1.51 bits per heavy atom. The summed E-state index contributed by atoms with van der Waals surface area (Å²) in [6.07, 6.45) is 39.4. The van der Waals surface area contributed by atoms with Crippen LogP contribution in [0.15, 0.2) is 60.8 Å². The number of carbonyl (C=O) groups is 2. The highest BCUT2D eigenvalue weighted by molar-refractivity contribution is 7.47. The summed E-state index contributed by atoms with van der Waals surface area (Å²) in [4.78, 5) is 52.6. The molecule has 3 atom stereocenters. The van der Waals surface area contributed by atoms with Crippen LogP contribution in [0.4, 0.5) is 0 Å². The Balaban J connectivity index is 4.65. The Hall–Kier alpha value is -2.18. The molecule has 0 heterocycles. The number of aliphatic hydroxyl groups is 1. The summed E-state index contributed by atoms with van der Waals surface area (Å²) in [7, 11) is -9.69. The van der Waals surface area contributed by atoms with Gasteiger partial charge in [-0.1, -0.05) is 126 Å². The van der Waals surface area contributed by atoms with Crippen LogP contribution in [-0.4, -0.2) is 70.4 Å². The molecular formula is C42H74O13P2. The highest BCUT2D eigenvalue weighted by atomic mass is 31.2. The highest BCUT2D eigenvalue weighted by Gasteiger charge is 2.28. The van der Waals surface area contributed by atoms with Crippen LogP contribution in [0.2, 0.25) is 0 Å². The van der Waals surface area contributed by atoms with Gasteiger partial charge in [0, 0.05) is 12.8 Å². The third-order valence-electron chi connectivity index (χ3n) is 8.37. The van der Waals surface area contributed by atoms with Crippen LogP contribution in [0.5, 0.6) is 0 Å². The van der Waals surface area contributed by atoms with Crippen molar-refractivity contribution in [1.82, 2.24) is 0 Å². The largest absolute Gasteiger partial charge is 0.472 e. The molecule has 15 heteroatoms. The minimum absolute atomic E-state index is 0.107. The SMILES string of the molecule is CCCCC/C=C\C/C=C\C/C=C\C/C=C\CCCC(=O)OC[C@H](COP(=O)(O)OC[C@@H](O)COP(=O)(O)O)OC(=O)CCCCCCC/C=C\CCCCCC. The van der Waals surface area contributed by atoms with E-state index in [0.717, 1.165) is 64.2 Å². The lowest BCUT2D eigenvalue weighted by Gasteiger charge is -2.20.